The quantitative estimate of drug-likeness (QED) is 0.770. The molecule has 0 spiro atoms. The molecule has 0 heterocycles. The average molecular weight is 224 g/mol. The fourth-order valence-corrected chi connectivity index (χ4v) is 1.95. The predicted octanol–water partition coefficient (Wildman–Crippen LogP) is 3.88. The van der Waals surface area contributed by atoms with Gasteiger partial charge < -0.3 is 4.79 Å². The van der Waals surface area contributed by atoms with E-state index < -0.39 is 0 Å². The lowest BCUT2D eigenvalue weighted by molar-refractivity contribution is -0.116. The molecular formula is C16H16O. The summed E-state index contributed by atoms with van der Waals surface area (Å²) < 4.78 is 0. The number of aryl methyl sites for hydroxylation is 1. The zero-order valence-electron chi connectivity index (χ0n) is 10.0. The molecule has 2 aromatic rings. The Hall–Kier alpha value is -1.89. The molecular weight excluding hydrogens is 208 g/mol. The van der Waals surface area contributed by atoms with Crippen molar-refractivity contribution in [3.8, 4) is 11.1 Å². The van der Waals surface area contributed by atoms with Crippen LogP contribution in [0.5, 0.6) is 0 Å². The molecule has 0 aliphatic heterocycles. The van der Waals surface area contributed by atoms with Gasteiger partial charge in [-0.3, -0.25) is 0 Å². The van der Waals surface area contributed by atoms with Crippen molar-refractivity contribution >= 4 is 5.78 Å². The van der Waals surface area contributed by atoms with Gasteiger partial charge in [0, 0.05) is 6.42 Å². The summed E-state index contributed by atoms with van der Waals surface area (Å²) in [6, 6.07) is 18.6. The van der Waals surface area contributed by atoms with Crippen LogP contribution in [0, 0.1) is 0 Å². The van der Waals surface area contributed by atoms with Crippen LogP contribution in [0.2, 0.25) is 0 Å². The summed E-state index contributed by atoms with van der Waals surface area (Å²) in [7, 11) is 0. The van der Waals surface area contributed by atoms with Crippen LogP contribution in [0.25, 0.3) is 11.1 Å². The third-order valence-electron chi connectivity index (χ3n) is 2.85. The highest BCUT2D eigenvalue weighted by Crippen LogP contribution is 2.24. The predicted molar refractivity (Wildman–Crippen MR) is 70.9 cm³/mol. The van der Waals surface area contributed by atoms with Crippen molar-refractivity contribution in [3.05, 3.63) is 60.2 Å². The summed E-state index contributed by atoms with van der Waals surface area (Å²) in [5, 5.41) is 0. The minimum atomic E-state index is 0.243. The van der Waals surface area contributed by atoms with E-state index in [9.17, 15) is 4.79 Å². The zero-order valence-corrected chi connectivity index (χ0v) is 10.0. The fourth-order valence-electron chi connectivity index (χ4n) is 1.95. The molecule has 0 unspecified atom stereocenters. The molecule has 1 heteroatoms. The topological polar surface area (TPSA) is 17.1 Å². The first-order valence-electron chi connectivity index (χ1n) is 5.90. The number of benzene rings is 2. The number of ketones is 1. The molecule has 0 amide bonds. The van der Waals surface area contributed by atoms with Gasteiger partial charge in [-0.2, -0.15) is 0 Å². The lowest BCUT2D eigenvalue weighted by Crippen LogP contribution is -1.96. The molecule has 0 aliphatic carbocycles. The van der Waals surface area contributed by atoms with E-state index in [2.05, 4.69) is 24.3 Å². The lowest BCUT2D eigenvalue weighted by atomic mass is 9.96. The highest BCUT2D eigenvalue weighted by Gasteiger charge is 2.04. The average Bonchev–Trinajstić information content (AvgIpc) is 2.38. The minimum Gasteiger partial charge on any atom is -0.300 e. The molecule has 0 aromatic heterocycles. The van der Waals surface area contributed by atoms with Gasteiger partial charge in [-0.25, -0.2) is 0 Å². The van der Waals surface area contributed by atoms with Gasteiger partial charge >= 0.3 is 0 Å². The van der Waals surface area contributed by atoms with Crippen LogP contribution >= 0.6 is 0 Å². The summed E-state index contributed by atoms with van der Waals surface area (Å²) in [6.45, 7) is 1.64. The maximum Gasteiger partial charge on any atom is 0.130 e. The Labute approximate surface area is 102 Å². The first-order chi connectivity index (χ1) is 8.27. The molecule has 0 fully saturated rings. The lowest BCUT2D eigenvalue weighted by Gasteiger charge is -2.08. The highest BCUT2D eigenvalue weighted by atomic mass is 16.1. The Morgan fingerprint density at radius 2 is 1.59 bits per heavy atom. The second-order valence-electron chi connectivity index (χ2n) is 4.23. The van der Waals surface area contributed by atoms with Crippen molar-refractivity contribution in [2.45, 2.75) is 19.8 Å². The Morgan fingerprint density at radius 1 is 0.941 bits per heavy atom. The van der Waals surface area contributed by atoms with Gasteiger partial charge in [-0.1, -0.05) is 54.6 Å². The van der Waals surface area contributed by atoms with Gasteiger partial charge in [0.1, 0.15) is 5.78 Å². The maximum atomic E-state index is 11.1. The van der Waals surface area contributed by atoms with Crippen LogP contribution in [-0.4, -0.2) is 5.78 Å². The molecule has 17 heavy (non-hydrogen) atoms. The van der Waals surface area contributed by atoms with Crippen LogP contribution in [0.15, 0.2) is 54.6 Å². The summed E-state index contributed by atoms with van der Waals surface area (Å²) in [5.41, 5.74) is 3.69. The third kappa shape index (κ3) is 3.04. The number of rotatable bonds is 4. The maximum absolute atomic E-state index is 11.1. The Balaban J connectivity index is 2.31. The van der Waals surface area contributed by atoms with Crippen molar-refractivity contribution in [3.63, 3.8) is 0 Å². The van der Waals surface area contributed by atoms with E-state index in [1.807, 2.05) is 30.3 Å². The molecule has 86 valence electrons. The smallest absolute Gasteiger partial charge is 0.130 e. The SMILES string of the molecule is CC(=O)CCc1ccccc1-c1ccccc1. The Kier molecular flexibility index (Phi) is 3.71. The minimum absolute atomic E-state index is 0.243. The fraction of sp³-hybridized carbons (Fsp3) is 0.188. The second-order valence-corrected chi connectivity index (χ2v) is 4.23. The standard InChI is InChI=1S/C16H16O/c1-13(17)11-12-15-9-5-6-10-16(15)14-7-3-2-4-8-14/h2-10H,11-12H2,1H3. The molecule has 0 N–H and O–H groups in total. The highest BCUT2D eigenvalue weighted by molar-refractivity contribution is 5.76. The first kappa shape index (κ1) is 11.6. The molecule has 2 rings (SSSR count). The van der Waals surface area contributed by atoms with Crippen molar-refractivity contribution < 1.29 is 4.79 Å². The molecule has 0 atom stereocenters. The van der Waals surface area contributed by atoms with Crippen LogP contribution < -0.4 is 0 Å². The van der Waals surface area contributed by atoms with E-state index in [-0.39, 0.29) is 5.78 Å². The van der Waals surface area contributed by atoms with E-state index in [0.717, 1.165) is 6.42 Å². The van der Waals surface area contributed by atoms with Crippen LogP contribution in [-0.2, 0) is 11.2 Å². The van der Waals surface area contributed by atoms with Gasteiger partial charge in [0.25, 0.3) is 0 Å². The van der Waals surface area contributed by atoms with E-state index in [1.165, 1.54) is 16.7 Å². The van der Waals surface area contributed by atoms with Crippen molar-refractivity contribution in [1.82, 2.24) is 0 Å². The first-order valence-corrected chi connectivity index (χ1v) is 5.90. The van der Waals surface area contributed by atoms with Crippen molar-refractivity contribution in [1.29, 1.82) is 0 Å². The number of hydrogen-bond donors (Lipinski definition) is 0. The summed E-state index contributed by atoms with van der Waals surface area (Å²) in [4.78, 5) is 11.1. The van der Waals surface area contributed by atoms with E-state index in [1.54, 1.807) is 6.92 Å². The monoisotopic (exact) mass is 224 g/mol. The van der Waals surface area contributed by atoms with Crippen molar-refractivity contribution in [2.24, 2.45) is 0 Å². The third-order valence-corrected chi connectivity index (χ3v) is 2.85. The summed E-state index contributed by atoms with van der Waals surface area (Å²) in [5.74, 6) is 0.243. The summed E-state index contributed by atoms with van der Waals surface area (Å²) >= 11 is 0. The number of hydrogen-bond acceptors (Lipinski definition) is 1. The second kappa shape index (κ2) is 5.44. The van der Waals surface area contributed by atoms with Crippen LogP contribution in [0.4, 0.5) is 0 Å². The Bertz CT molecular complexity index is 500. The van der Waals surface area contributed by atoms with Crippen LogP contribution in [0.1, 0.15) is 18.9 Å². The van der Waals surface area contributed by atoms with Gasteiger partial charge in [0.2, 0.25) is 0 Å². The Morgan fingerprint density at radius 3 is 2.29 bits per heavy atom. The summed E-state index contributed by atoms with van der Waals surface area (Å²) in [6.07, 6.45) is 1.43. The molecule has 0 aliphatic rings. The van der Waals surface area contributed by atoms with Gasteiger partial charge in [-0.15, -0.1) is 0 Å². The zero-order chi connectivity index (χ0) is 12.1. The van der Waals surface area contributed by atoms with Crippen LogP contribution in [0.3, 0.4) is 0 Å². The molecule has 1 nitrogen and oxygen atoms in total. The molecule has 0 bridgehead atoms. The van der Waals surface area contributed by atoms with Gasteiger partial charge in [-0.05, 0) is 30.0 Å². The largest absolute Gasteiger partial charge is 0.300 e. The van der Waals surface area contributed by atoms with E-state index >= 15 is 0 Å². The number of carbonyl (C=O) groups excluding carboxylic acids is 1. The molecule has 0 saturated heterocycles. The molecule has 0 saturated carbocycles. The van der Waals surface area contributed by atoms with Gasteiger partial charge in [0.05, 0.1) is 0 Å². The van der Waals surface area contributed by atoms with E-state index in [4.69, 9.17) is 0 Å². The molecule has 0 radical (unpaired) electrons. The van der Waals surface area contributed by atoms with Crippen molar-refractivity contribution in [2.75, 3.05) is 0 Å². The number of carbonyl (C=O) groups is 1. The van der Waals surface area contributed by atoms with E-state index in [0.29, 0.717) is 6.42 Å². The van der Waals surface area contributed by atoms with Gasteiger partial charge in [0.15, 0.2) is 0 Å². The normalized spacial score (nSPS) is 10.2. The molecule has 2 aromatic carbocycles. The number of Topliss-reactive ketones (excluding diaryl/α,β-unsaturated/α-hetero) is 1.